The second kappa shape index (κ2) is 4.72. The Kier molecular flexibility index (Phi) is 3.00. The van der Waals surface area contributed by atoms with Crippen LogP contribution in [0.15, 0.2) is 18.2 Å². The van der Waals surface area contributed by atoms with E-state index >= 15 is 0 Å². The fourth-order valence-corrected chi connectivity index (χ4v) is 1.81. The van der Waals surface area contributed by atoms with Gasteiger partial charge in [-0.05, 0) is 19.1 Å². The van der Waals surface area contributed by atoms with Gasteiger partial charge in [0.25, 0.3) is 0 Å². The zero-order valence-corrected chi connectivity index (χ0v) is 10.5. The van der Waals surface area contributed by atoms with Crippen LogP contribution in [0.2, 0.25) is 0 Å². The van der Waals surface area contributed by atoms with E-state index in [0.717, 1.165) is 6.92 Å². The van der Waals surface area contributed by atoms with Crippen molar-refractivity contribution in [3.63, 3.8) is 0 Å². The number of nitrogens with one attached hydrogen (secondary N) is 1. The molecular weight excluding hydrogens is 290 g/mol. The zero-order chi connectivity index (χ0) is 15.1. The number of H-pyrrole nitrogens is 1. The summed E-state index contributed by atoms with van der Waals surface area (Å²) < 4.78 is 59.2. The van der Waals surface area contributed by atoms with E-state index < -0.39 is 34.6 Å². The van der Waals surface area contributed by atoms with Gasteiger partial charge in [0.05, 0.1) is 0 Å². The molecule has 1 N–H and O–H groups in total. The Balaban J connectivity index is 2.09. The van der Waals surface area contributed by atoms with Crippen molar-refractivity contribution in [1.29, 1.82) is 0 Å². The molecule has 21 heavy (non-hydrogen) atoms. The lowest BCUT2D eigenvalue weighted by Crippen LogP contribution is -2.03. The molecule has 0 unspecified atom stereocenters. The van der Waals surface area contributed by atoms with Crippen LogP contribution in [0.25, 0.3) is 11.0 Å². The van der Waals surface area contributed by atoms with E-state index in [9.17, 15) is 17.6 Å². The normalized spacial score (nSPS) is 11.1. The standard InChI is InChI=1S/C13H7F4N3O/c1-5-9(14)11(16)13(12(17)10(5)15)21-6-2-3-7-8(4-6)19-20-18-7/h2-4H,1H3,(H,18,19,20). The highest BCUT2D eigenvalue weighted by atomic mass is 19.2. The minimum Gasteiger partial charge on any atom is -0.451 e. The van der Waals surface area contributed by atoms with Crippen LogP contribution >= 0.6 is 0 Å². The van der Waals surface area contributed by atoms with Gasteiger partial charge < -0.3 is 4.74 Å². The number of aromatic nitrogens is 3. The van der Waals surface area contributed by atoms with Crippen molar-refractivity contribution in [1.82, 2.24) is 15.4 Å². The molecule has 3 aromatic rings. The van der Waals surface area contributed by atoms with Crippen LogP contribution in [0.3, 0.4) is 0 Å². The number of benzene rings is 2. The van der Waals surface area contributed by atoms with Gasteiger partial charge in [-0.15, -0.1) is 0 Å². The first-order valence-electron chi connectivity index (χ1n) is 5.80. The number of rotatable bonds is 2. The highest BCUT2D eigenvalue weighted by Gasteiger charge is 2.25. The number of halogens is 4. The first-order chi connectivity index (χ1) is 9.99. The first kappa shape index (κ1) is 13.3. The molecule has 0 saturated carbocycles. The van der Waals surface area contributed by atoms with Crippen LogP contribution in [0, 0.1) is 30.2 Å². The first-order valence-corrected chi connectivity index (χ1v) is 5.80. The zero-order valence-electron chi connectivity index (χ0n) is 10.5. The second-order valence-corrected chi connectivity index (χ2v) is 4.29. The second-order valence-electron chi connectivity index (χ2n) is 4.29. The third-order valence-electron chi connectivity index (χ3n) is 2.95. The number of aromatic amines is 1. The van der Waals surface area contributed by atoms with Crippen LogP contribution in [-0.2, 0) is 0 Å². The predicted octanol–water partition coefficient (Wildman–Crippen LogP) is 3.62. The molecule has 1 heterocycles. The minimum atomic E-state index is -1.59. The Labute approximate surface area is 115 Å². The van der Waals surface area contributed by atoms with Gasteiger partial charge in [0.1, 0.15) is 16.8 Å². The van der Waals surface area contributed by atoms with Crippen molar-refractivity contribution in [3.05, 3.63) is 47.0 Å². The molecule has 3 rings (SSSR count). The van der Waals surface area contributed by atoms with Crippen molar-refractivity contribution in [3.8, 4) is 11.5 Å². The molecule has 0 aliphatic rings. The maximum absolute atomic E-state index is 13.7. The average molecular weight is 297 g/mol. The summed E-state index contributed by atoms with van der Waals surface area (Å²) in [6.07, 6.45) is 0. The molecule has 0 amide bonds. The summed E-state index contributed by atoms with van der Waals surface area (Å²) in [6, 6.07) is 4.15. The van der Waals surface area contributed by atoms with Gasteiger partial charge in [0.15, 0.2) is 11.6 Å². The van der Waals surface area contributed by atoms with Crippen molar-refractivity contribution < 1.29 is 22.3 Å². The van der Waals surface area contributed by atoms with Crippen LogP contribution < -0.4 is 4.74 Å². The summed E-state index contributed by atoms with van der Waals surface area (Å²) in [7, 11) is 0. The summed E-state index contributed by atoms with van der Waals surface area (Å²) in [5, 5.41) is 9.90. The predicted molar refractivity (Wildman–Crippen MR) is 65.0 cm³/mol. The molecule has 0 radical (unpaired) electrons. The third kappa shape index (κ3) is 2.08. The van der Waals surface area contributed by atoms with Crippen molar-refractivity contribution >= 4 is 11.0 Å². The van der Waals surface area contributed by atoms with Gasteiger partial charge >= 0.3 is 0 Å². The lowest BCUT2D eigenvalue weighted by molar-refractivity contribution is 0.362. The Morgan fingerprint density at radius 2 is 1.52 bits per heavy atom. The van der Waals surface area contributed by atoms with Crippen molar-refractivity contribution in [2.75, 3.05) is 0 Å². The molecule has 0 aliphatic carbocycles. The van der Waals surface area contributed by atoms with E-state index in [2.05, 4.69) is 15.4 Å². The molecule has 108 valence electrons. The van der Waals surface area contributed by atoms with Gasteiger partial charge in [-0.3, -0.25) is 0 Å². The summed E-state index contributed by atoms with van der Waals surface area (Å²) in [5.41, 5.74) is 0.134. The Morgan fingerprint density at radius 1 is 0.905 bits per heavy atom. The average Bonchev–Trinajstić information content (AvgIpc) is 2.95. The lowest BCUT2D eigenvalue weighted by atomic mass is 10.2. The molecular formula is C13H7F4N3O. The molecule has 0 atom stereocenters. The van der Waals surface area contributed by atoms with E-state index in [1.165, 1.54) is 18.2 Å². The minimum absolute atomic E-state index is 0.0307. The molecule has 0 aliphatic heterocycles. The van der Waals surface area contributed by atoms with Crippen LogP contribution in [0.4, 0.5) is 17.6 Å². The largest absolute Gasteiger partial charge is 0.451 e. The Hall–Kier alpha value is -2.64. The topological polar surface area (TPSA) is 50.8 Å². The Morgan fingerprint density at radius 3 is 2.19 bits per heavy atom. The number of ether oxygens (including phenoxy) is 1. The van der Waals surface area contributed by atoms with E-state index in [1.807, 2.05) is 0 Å². The highest BCUT2D eigenvalue weighted by molar-refractivity contribution is 5.75. The van der Waals surface area contributed by atoms with Gasteiger partial charge in [-0.1, -0.05) is 0 Å². The SMILES string of the molecule is Cc1c(F)c(F)c(Oc2ccc3n[nH]nc3c2)c(F)c1F. The summed E-state index contributed by atoms with van der Waals surface area (Å²) in [4.78, 5) is 0. The van der Waals surface area contributed by atoms with E-state index in [-0.39, 0.29) is 5.75 Å². The molecule has 2 aromatic carbocycles. The van der Waals surface area contributed by atoms with Gasteiger partial charge in [-0.25, -0.2) is 8.78 Å². The number of nitrogens with zero attached hydrogens (tertiary/aromatic N) is 2. The van der Waals surface area contributed by atoms with Crippen LogP contribution in [-0.4, -0.2) is 15.4 Å². The monoisotopic (exact) mass is 297 g/mol. The quantitative estimate of drug-likeness (QED) is 0.580. The summed E-state index contributed by atoms with van der Waals surface area (Å²) >= 11 is 0. The molecule has 0 bridgehead atoms. The summed E-state index contributed by atoms with van der Waals surface area (Å²) in [6.45, 7) is 0.933. The van der Waals surface area contributed by atoms with Crippen molar-refractivity contribution in [2.45, 2.75) is 6.92 Å². The highest BCUT2D eigenvalue weighted by Crippen LogP contribution is 2.33. The lowest BCUT2D eigenvalue weighted by Gasteiger charge is -2.10. The van der Waals surface area contributed by atoms with Gasteiger partial charge in [0.2, 0.25) is 17.4 Å². The van der Waals surface area contributed by atoms with Gasteiger partial charge in [-0.2, -0.15) is 24.2 Å². The molecule has 0 fully saturated rings. The van der Waals surface area contributed by atoms with E-state index in [1.54, 1.807) is 0 Å². The Bertz CT molecular complexity index is 818. The van der Waals surface area contributed by atoms with Crippen molar-refractivity contribution in [2.24, 2.45) is 0 Å². The third-order valence-corrected chi connectivity index (χ3v) is 2.95. The molecule has 1 aromatic heterocycles. The number of hydrogen-bond donors (Lipinski definition) is 1. The molecule has 4 nitrogen and oxygen atoms in total. The maximum Gasteiger partial charge on any atom is 0.204 e. The fraction of sp³-hybridized carbons (Fsp3) is 0.0769. The molecule has 8 heteroatoms. The molecule has 0 saturated heterocycles. The van der Waals surface area contributed by atoms with Crippen LogP contribution in [0.5, 0.6) is 11.5 Å². The van der Waals surface area contributed by atoms with Crippen LogP contribution in [0.1, 0.15) is 5.56 Å². The van der Waals surface area contributed by atoms with Gasteiger partial charge in [0, 0.05) is 11.6 Å². The smallest absolute Gasteiger partial charge is 0.204 e. The van der Waals surface area contributed by atoms with E-state index in [4.69, 9.17) is 4.74 Å². The number of fused-ring (bicyclic) bond motifs is 1. The summed E-state index contributed by atoms with van der Waals surface area (Å²) in [5.74, 6) is -7.34. The fourth-order valence-electron chi connectivity index (χ4n) is 1.81. The maximum atomic E-state index is 13.7. The van der Waals surface area contributed by atoms with E-state index in [0.29, 0.717) is 11.0 Å². The number of hydrogen-bond acceptors (Lipinski definition) is 3. The molecule has 0 spiro atoms.